The minimum Gasteiger partial charge on any atom is -0.504 e. The molecular weight excluding hydrogens is 342 g/mol. The number of nitrogens with zero attached hydrogens (tertiary/aromatic N) is 3. The maximum absolute atomic E-state index is 10.4. The Morgan fingerprint density at radius 3 is 2.93 bits per heavy atom. The van der Waals surface area contributed by atoms with E-state index in [4.69, 9.17) is 9.47 Å². The van der Waals surface area contributed by atoms with Crippen molar-refractivity contribution in [3.63, 3.8) is 0 Å². The Labute approximate surface area is 159 Å². The van der Waals surface area contributed by atoms with Crippen LogP contribution < -0.4 is 4.74 Å². The van der Waals surface area contributed by atoms with Crippen LogP contribution in [0.3, 0.4) is 0 Å². The quantitative estimate of drug-likeness (QED) is 0.882. The minimum atomic E-state index is -0.239. The van der Waals surface area contributed by atoms with Gasteiger partial charge in [0.15, 0.2) is 11.5 Å². The van der Waals surface area contributed by atoms with Crippen molar-refractivity contribution in [2.45, 2.75) is 43.9 Å². The average Bonchev–Trinajstić information content (AvgIpc) is 3.10. The van der Waals surface area contributed by atoms with Gasteiger partial charge in [-0.2, -0.15) is 0 Å². The van der Waals surface area contributed by atoms with Crippen LogP contribution in [0.15, 0.2) is 30.7 Å². The van der Waals surface area contributed by atoms with E-state index in [0.29, 0.717) is 11.7 Å². The van der Waals surface area contributed by atoms with Gasteiger partial charge >= 0.3 is 0 Å². The van der Waals surface area contributed by atoms with Crippen LogP contribution in [0.25, 0.3) is 0 Å². The van der Waals surface area contributed by atoms with Crippen LogP contribution >= 0.6 is 0 Å². The number of aromatic nitrogens is 2. The van der Waals surface area contributed by atoms with E-state index in [2.05, 4.69) is 16.1 Å². The van der Waals surface area contributed by atoms with Crippen LogP contribution in [0.5, 0.6) is 11.5 Å². The lowest BCUT2D eigenvalue weighted by molar-refractivity contribution is -0.150. The van der Waals surface area contributed by atoms with Crippen LogP contribution in [0.4, 0.5) is 0 Å². The van der Waals surface area contributed by atoms with E-state index in [1.165, 1.54) is 0 Å². The number of benzene rings is 1. The number of ether oxygens (including phenoxy) is 2. The SMILES string of the molecule is Cn1cnc(CN2CCC3(CC2)Oc2c(O)cccc2[C@H]2OCCC[C@@H]23)c1. The number of fused-ring (bicyclic) bond motifs is 4. The summed E-state index contributed by atoms with van der Waals surface area (Å²) in [6.45, 7) is 3.62. The van der Waals surface area contributed by atoms with Gasteiger partial charge in [-0.05, 0) is 18.9 Å². The molecule has 27 heavy (non-hydrogen) atoms. The monoisotopic (exact) mass is 369 g/mol. The smallest absolute Gasteiger partial charge is 0.167 e. The third-order valence-electron chi connectivity index (χ3n) is 6.48. The lowest BCUT2D eigenvalue weighted by atomic mass is 9.70. The molecule has 2 saturated heterocycles. The maximum atomic E-state index is 10.4. The summed E-state index contributed by atoms with van der Waals surface area (Å²) in [5.74, 6) is 1.23. The number of hydrogen-bond donors (Lipinski definition) is 1. The van der Waals surface area contributed by atoms with Crippen LogP contribution in [-0.4, -0.2) is 44.9 Å². The minimum absolute atomic E-state index is 0.0388. The van der Waals surface area contributed by atoms with Gasteiger partial charge in [-0.1, -0.05) is 12.1 Å². The standard InChI is InChI=1S/C21H27N3O3/c1-23-12-15(22-14-23)13-24-9-7-21(8-10-24)17-5-3-11-26-19(17)16-4-2-6-18(25)20(16)27-21/h2,4,6,12,14,17,19,25H,3,5,7-11,13H2,1H3/t17-,19+/m0/s1. The Morgan fingerprint density at radius 1 is 1.30 bits per heavy atom. The first-order chi connectivity index (χ1) is 13.1. The molecule has 0 bridgehead atoms. The molecular formula is C21H27N3O3. The second-order valence-corrected chi connectivity index (χ2v) is 8.21. The van der Waals surface area contributed by atoms with Crippen molar-refractivity contribution in [1.82, 2.24) is 14.5 Å². The van der Waals surface area contributed by atoms with Crippen molar-refractivity contribution in [2.75, 3.05) is 19.7 Å². The Bertz CT molecular complexity index is 826. The van der Waals surface area contributed by atoms with Gasteiger partial charge in [-0.3, -0.25) is 4.90 Å². The van der Waals surface area contributed by atoms with E-state index in [0.717, 1.165) is 63.2 Å². The Morgan fingerprint density at radius 2 is 2.15 bits per heavy atom. The molecule has 0 radical (unpaired) electrons. The summed E-state index contributed by atoms with van der Waals surface area (Å²) in [6.07, 6.45) is 8.10. The molecule has 5 rings (SSSR count). The van der Waals surface area contributed by atoms with Crippen LogP contribution in [0.1, 0.15) is 43.0 Å². The first-order valence-electron chi connectivity index (χ1n) is 9.96. The van der Waals surface area contributed by atoms with Crippen molar-refractivity contribution in [3.8, 4) is 11.5 Å². The first kappa shape index (κ1) is 17.1. The van der Waals surface area contributed by atoms with Crippen LogP contribution in [-0.2, 0) is 18.3 Å². The normalized spacial score (nSPS) is 27.0. The first-order valence-corrected chi connectivity index (χ1v) is 9.96. The second-order valence-electron chi connectivity index (χ2n) is 8.21. The average molecular weight is 369 g/mol. The van der Waals surface area contributed by atoms with Gasteiger partial charge in [-0.15, -0.1) is 0 Å². The zero-order valence-electron chi connectivity index (χ0n) is 15.8. The molecule has 1 aromatic heterocycles. The number of likely N-dealkylation sites (tertiary alicyclic amines) is 1. The summed E-state index contributed by atoms with van der Waals surface area (Å²) in [5.41, 5.74) is 1.89. The molecule has 2 fully saturated rings. The fourth-order valence-corrected chi connectivity index (χ4v) is 5.12. The fourth-order valence-electron chi connectivity index (χ4n) is 5.12. The lowest BCUT2D eigenvalue weighted by Gasteiger charge is -2.53. The zero-order chi connectivity index (χ0) is 18.4. The van der Waals surface area contributed by atoms with Gasteiger partial charge in [0.05, 0.1) is 18.1 Å². The number of rotatable bonds is 2. The van der Waals surface area contributed by atoms with Gasteiger partial charge in [0.2, 0.25) is 0 Å². The fraction of sp³-hybridized carbons (Fsp3) is 0.571. The summed E-state index contributed by atoms with van der Waals surface area (Å²) in [5, 5.41) is 10.4. The summed E-state index contributed by atoms with van der Waals surface area (Å²) in [7, 11) is 2.00. The summed E-state index contributed by atoms with van der Waals surface area (Å²) < 4.78 is 14.8. The van der Waals surface area contributed by atoms with E-state index in [1.807, 2.05) is 30.1 Å². The molecule has 0 unspecified atom stereocenters. The lowest BCUT2D eigenvalue weighted by Crippen LogP contribution is -2.57. The number of imidazole rings is 1. The predicted octanol–water partition coefficient (Wildman–Crippen LogP) is 3.02. The highest BCUT2D eigenvalue weighted by Gasteiger charge is 2.52. The van der Waals surface area contributed by atoms with Gasteiger partial charge in [0, 0.05) is 63.8 Å². The van der Waals surface area contributed by atoms with Crippen molar-refractivity contribution >= 4 is 0 Å². The summed E-state index contributed by atoms with van der Waals surface area (Å²) >= 11 is 0. The number of phenolic OH excluding ortho intramolecular Hbond substituents is 1. The number of para-hydroxylation sites is 1. The molecule has 6 nitrogen and oxygen atoms in total. The molecule has 1 N–H and O–H groups in total. The van der Waals surface area contributed by atoms with Gasteiger partial charge in [0.25, 0.3) is 0 Å². The molecule has 2 atom stereocenters. The molecule has 6 heteroatoms. The molecule has 1 aromatic carbocycles. The third kappa shape index (κ3) is 2.91. The van der Waals surface area contributed by atoms with Crippen molar-refractivity contribution in [2.24, 2.45) is 13.0 Å². The highest BCUT2D eigenvalue weighted by Crippen LogP contribution is 2.55. The van der Waals surface area contributed by atoms with Gasteiger partial charge < -0.3 is 19.1 Å². The highest BCUT2D eigenvalue weighted by atomic mass is 16.5. The predicted molar refractivity (Wildman–Crippen MR) is 101 cm³/mol. The molecule has 0 amide bonds. The summed E-state index contributed by atoms with van der Waals surface area (Å²) in [4.78, 5) is 6.91. The number of hydrogen-bond acceptors (Lipinski definition) is 5. The van der Waals surface area contributed by atoms with E-state index in [9.17, 15) is 5.11 Å². The Hall–Kier alpha value is -2.05. The maximum Gasteiger partial charge on any atom is 0.167 e. The van der Waals surface area contributed by atoms with Crippen molar-refractivity contribution < 1.29 is 14.6 Å². The molecule has 144 valence electrons. The number of phenols is 1. The second kappa shape index (κ2) is 6.53. The van der Waals surface area contributed by atoms with Crippen LogP contribution in [0.2, 0.25) is 0 Å². The number of aromatic hydroxyl groups is 1. The topological polar surface area (TPSA) is 59.8 Å². The Kier molecular flexibility index (Phi) is 4.13. The molecule has 0 aliphatic carbocycles. The van der Waals surface area contributed by atoms with Gasteiger partial charge in [-0.25, -0.2) is 4.98 Å². The van der Waals surface area contributed by atoms with E-state index < -0.39 is 0 Å². The number of aryl methyl sites for hydroxylation is 1. The van der Waals surface area contributed by atoms with Crippen LogP contribution in [0, 0.1) is 5.92 Å². The van der Waals surface area contributed by atoms with E-state index in [-0.39, 0.29) is 17.5 Å². The molecule has 0 saturated carbocycles. The largest absolute Gasteiger partial charge is 0.504 e. The highest BCUT2D eigenvalue weighted by molar-refractivity contribution is 5.49. The van der Waals surface area contributed by atoms with Crippen molar-refractivity contribution in [1.29, 1.82) is 0 Å². The zero-order valence-corrected chi connectivity index (χ0v) is 15.8. The summed E-state index contributed by atoms with van der Waals surface area (Å²) in [6, 6.07) is 5.65. The Balaban J connectivity index is 1.38. The molecule has 3 aliphatic heterocycles. The molecule has 4 heterocycles. The molecule has 1 spiro atoms. The van der Waals surface area contributed by atoms with Gasteiger partial charge in [0.1, 0.15) is 5.60 Å². The third-order valence-corrected chi connectivity index (χ3v) is 6.48. The van der Waals surface area contributed by atoms with E-state index >= 15 is 0 Å². The number of piperidine rings is 1. The van der Waals surface area contributed by atoms with E-state index in [1.54, 1.807) is 6.07 Å². The molecule has 3 aliphatic rings. The molecule has 2 aromatic rings. The van der Waals surface area contributed by atoms with Crippen molar-refractivity contribution in [3.05, 3.63) is 42.0 Å².